The second-order valence-corrected chi connectivity index (χ2v) is 7.13. The van der Waals surface area contributed by atoms with Crippen LogP contribution in [0.25, 0.3) is 0 Å². The van der Waals surface area contributed by atoms with Gasteiger partial charge in [-0.05, 0) is 49.2 Å². The number of methoxy groups -OCH3 is 1. The lowest BCUT2D eigenvalue weighted by molar-refractivity contribution is -0.124. The lowest BCUT2D eigenvalue weighted by Crippen LogP contribution is -2.33. The average molecular weight is 460 g/mol. The number of nitrogens with one attached hydrogen (secondary N) is 2. The minimum Gasteiger partial charge on any atom is -0.493 e. The highest BCUT2D eigenvalue weighted by molar-refractivity contribution is 9.10. The van der Waals surface area contributed by atoms with Crippen LogP contribution in [0, 0.1) is 18.3 Å². The molecule has 7 nitrogen and oxygen atoms in total. The Labute approximate surface area is 178 Å². The molecule has 152 valence electrons. The molecule has 0 aliphatic rings. The number of carbonyl (C=O) groups excluding carboxylic acids is 2. The molecule has 0 unspecified atom stereocenters. The molecule has 29 heavy (non-hydrogen) atoms. The highest BCUT2D eigenvalue weighted by atomic mass is 79.9. The van der Waals surface area contributed by atoms with E-state index in [1.165, 1.54) is 7.11 Å². The minimum absolute atomic E-state index is 0.0986. The summed E-state index contributed by atoms with van der Waals surface area (Å²) in [5, 5.41) is 14.3. The number of rotatable bonds is 9. The molecule has 2 amide bonds. The lowest BCUT2D eigenvalue weighted by atomic mass is 10.2. The van der Waals surface area contributed by atoms with Crippen molar-refractivity contribution in [2.24, 2.45) is 0 Å². The molecule has 2 aromatic rings. The van der Waals surface area contributed by atoms with Gasteiger partial charge in [0.25, 0.3) is 0 Å². The first-order chi connectivity index (χ1) is 13.9. The fraction of sp³-hybridized carbons (Fsp3) is 0.286. The third-order valence-corrected chi connectivity index (χ3v) is 4.50. The monoisotopic (exact) mass is 459 g/mol. The van der Waals surface area contributed by atoms with E-state index in [0.29, 0.717) is 35.8 Å². The first kappa shape index (κ1) is 22.2. The van der Waals surface area contributed by atoms with Crippen molar-refractivity contribution in [2.45, 2.75) is 19.8 Å². The van der Waals surface area contributed by atoms with Crippen LogP contribution in [-0.2, 0) is 9.59 Å². The van der Waals surface area contributed by atoms with Gasteiger partial charge in [0, 0.05) is 22.6 Å². The first-order valence-corrected chi connectivity index (χ1v) is 9.76. The van der Waals surface area contributed by atoms with Gasteiger partial charge in [-0.1, -0.05) is 15.9 Å². The number of benzene rings is 2. The Morgan fingerprint density at radius 1 is 1.14 bits per heavy atom. The summed E-state index contributed by atoms with van der Waals surface area (Å²) in [5.74, 6) is 0.454. The van der Waals surface area contributed by atoms with Crippen molar-refractivity contribution in [1.29, 1.82) is 5.26 Å². The number of hydrogen-bond acceptors (Lipinski definition) is 5. The Morgan fingerprint density at radius 3 is 2.62 bits per heavy atom. The molecule has 0 aliphatic heterocycles. The van der Waals surface area contributed by atoms with E-state index < -0.39 is 0 Å². The van der Waals surface area contributed by atoms with Gasteiger partial charge in [0.1, 0.15) is 0 Å². The summed E-state index contributed by atoms with van der Waals surface area (Å²) < 4.78 is 11.7. The van der Waals surface area contributed by atoms with E-state index in [4.69, 9.17) is 14.7 Å². The standard InChI is InChI=1S/C21H22BrN3O4/c1-14-10-16(22)6-7-17(14)25-21(27)13-24-20(26)4-3-9-29-18-8-5-15(12-23)11-19(18)28-2/h5-8,10-11H,3-4,9,13H2,1-2H3,(H,24,26)(H,25,27). The van der Waals surface area contributed by atoms with Gasteiger partial charge in [-0.25, -0.2) is 0 Å². The van der Waals surface area contributed by atoms with E-state index in [-0.39, 0.29) is 24.8 Å². The van der Waals surface area contributed by atoms with Gasteiger partial charge in [0.05, 0.1) is 31.9 Å². The molecule has 2 rings (SSSR count). The van der Waals surface area contributed by atoms with E-state index in [9.17, 15) is 9.59 Å². The van der Waals surface area contributed by atoms with Crippen LogP contribution in [0.2, 0.25) is 0 Å². The Balaban J connectivity index is 1.69. The molecule has 0 saturated carbocycles. The predicted octanol–water partition coefficient (Wildman–Crippen LogP) is 3.55. The maximum atomic E-state index is 12.0. The van der Waals surface area contributed by atoms with Crippen molar-refractivity contribution in [3.05, 3.63) is 52.0 Å². The van der Waals surface area contributed by atoms with Crippen molar-refractivity contribution in [1.82, 2.24) is 5.32 Å². The second-order valence-electron chi connectivity index (χ2n) is 6.21. The molecule has 0 aromatic heterocycles. The van der Waals surface area contributed by atoms with Crippen LogP contribution in [-0.4, -0.2) is 32.1 Å². The van der Waals surface area contributed by atoms with Gasteiger partial charge in [-0.15, -0.1) is 0 Å². The number of nitriles is 1. The molecule has 2 aromatic carbocycles. The molecule has 0 aliphatic carbocycles. The molecule has 2 N–H and O–H groups in total. The molecule has 0 spiro atoms. The van der Waals surface area contributed by atoms with Gasteiger partial charge in [0.15, 0.2) is 11.5 Å². The molecule has 0 heterocycles. The summed E-state index contributed by atoms with van der Waals surface area (Å²) in [6, 6.07) is 12.5. The van der Waals surface area contributed by atoms with Crippen LogP contribution in [0.5, 0.6) is 11.5 Å². The van der Waals surface area contributed by atoms with Crippen molar-refractivity contribution < 1.29 is 19.1 Å². The van der Waals surface area contributed by atoms with Crippen molar-refractivity contribution in [2.75, 3.05) is 25.6 Å². The van der Waals surface area contributed by atoms with Gasteiger partial charge in [-0.3, -0.25) is 9.59 Å². The predicted molar refractivity (Wildman–Crippen MR) is 113 cm³/mol. The zero-order valence-electron chi connectivity index (χ0n) is 16.3. The number of anilines is 1. The maximum absolute atomic E-state index is 12.0. The van der Waals surface area contributed by atoms with E-state index >= 15 is 0 Å². The summed E-state index contributed by atoms with van der Waals surface area (Å²) in [7, 11) is 1.50. The van der Waals surface area contributed by atoms with Gasteiger partial charge >= 0.3 is 0 Å². The van der Waals surface area contributed by atoms with Gasteiger partial charge in [-0.2, -0.15) is 5.26 Å². The van der Waals surface area contributed by atoms with E-state index in [1.54, 1.807) is 24.3 Å². The molecule has 0 atom stereocenters. The molecular formula is C21H22BrN3O4. The zero-order valence-corrected chi connectivity index (χ0v) is 17.8. The molecule has 0 radical (unpaired) electrons. The number of halogens is 1. The highest BCUT2D eigenvalue weighted by Crippen LogP contribution is 2.28. The topological polar surface area (TPSA) is 100 Å². The number of hydrogen-bond donors (Lipinski definition) is 2. The Kier molecular flexibility index (Phi) is 8.49. The Hall–Kier alpha value is -3.05. The normalized spacial score (nSPS) is 10.0. The number of nitrogens with zero attached hydrogens (tertiary/aromatic N) is 1. The van der Waals surface area contributed by atoms with Crippen LogP contribution in [0.3, 0.4) is 0 Å². The molecule has 0 fully saturated rings. The fourth-order valence-corrected chi connectivity index (χ4v) is 2.98. The van der Waals surface area contributed by atoms with E-state index in [0.717, 1.165) is 10.0 Å². The Morgan fingerprint density at radius 2 is 1.93 bits per heavy atom. The van der Waals surface area contributed by atoms with Crippen molar-refractivity contribution >= 4 is 33.4 Å². The summed E-state index contributed by atoms with van der Waals surface area (Å²) in [6.07, 6.45) is 0.700. The summed E-state index contributed by atoms with van der Waals surface area (Å²) >= 11 is 3.37. The molecular weight excluding hydrogens is 438 g/mol. The molecule has 0 bridgehead atoms. The molecule has 0 saturated heterocycles. The highest BCUT2D eigenvalue weighted by Gasteiger charge is 2.09. The summed E-state index contributed by atoms with van der Waals surface area (Å²) in [4.78, 5) is 23.9. The number of ether oxygens (including phenoxy) is 2. The number of aryl methyl sites for hydroxylation is 1. The minimum atomic E-state index is -0.289. The first-order valence-electron chi connectivity index (χ1n) is 8.96. The third-order valence-electron chi connectivity index (χ3n) is 4.01. The summed E-state index contributed by atoms with van der Waals surface area (Å²) in [6.45, 7) is 2.10. The van der Waals surface area contributed by atoms with Crippen LogP contribution in [0.15, 0.2) is 40.9 Å². The Bertz CT molecular complexity index is 925. The van der Waals surface area contributed by atoms with Crippen LogP contribution < -0.4 is 20.1 Å². The largest absolute Gasteiger partial charge is 0.493 e. The van der Waals surface area contributed by atoms with Gasteiger partial charge < -0.3 is 20.1 Å². The van der Waals surface area contributed by atoms with Crippen molar-refractivity contribution in [3.63, 3.8) is 0 Å². The lowest BCUT2D eigenvalue weighted by Gasteiger charge is -2.11. The maximum Gasteiger partial charge on any atom is 0.243 e. The fourth-order valence-electron chi connectivity index (χ4n) is 2.50. The second kappa shape index (κ2) is 11.1. The zero-order chi connectivity index (χ0) is 21.2. The van der Waals surface area contributed by atoms with Crippen LogP contribution in [0.1, 0.15) is 24.0 Å². The number of carbonyl (C=O) groups is 2. The average Bonchev–Trinajstić information content (AvgIpc) is 2.71. The molecule has 8 heteroatoms. The van der Waals surface area contributed by atoms with Crippen LogP contribution in [0.4, 0.5) is 5.69 Å². The SMILES string of the molecule is COc1cc(C#N)ccc1OCCCC(=O)NCC(=O)Nc1ccc(Br)cc1C. The van der Waals surface area contributed by atoms with E-state index in [1.807, 2.05) is 25.1 Å². The van der Waals surface area contributed by atoms with Gasteiger partial charge in [0.2, 0.25) is 11.8 Å². The number of amides is 2. The van der Waals surface area contributed by atoms with Crippen LogP contribution >= 0.6 is 15.9 Å². The summed E-state index contributed by atoms with van der Waals surface area (Å²) in [5.41, 5.74) is 2.11. The quantitative estimate of drug-likeness (QED) is 0.558. The van der Waals surface area contributed by atoms with Crippen molar-refractivity contribution in [3.8, 4) is 17.6 Å². The van der Waals surface area contributed by atoms with E-state index in [2.05, 4.69) is 26.6 Å². The smallest absolute Gasteiger partial charge is 0.243 e. The third kappa shape index (κ3) is 7.12.